The van der Waals surface area contributed by atoms with Crippen LogP contribution in [0.1, 0.15) is 38.5 Å². The molecule has 1 heterocycles. The van der Waals surface area contributed by atoms with E-state index in [1.165, 1.54) is 38.5 Å². The number of nitrogen functional groups attached to an aromatic ring is 1. The summed E-state index contributed by atoms with van der Waals surface area (Å²) in [4.78, 5) is 8.76. The fraction of sp³-hybridized carbons (Fsp3) is 0.714. The second-order valence-corrected chi connectivity index (χ2v) is 7.94. The lowest BCUT2D eigenvalue weighted by Gasteiger charge is -2.56. The predicted molar refractivity (Wildman–Crippen MR) is 73.2 cm³/mol. The summed E-state index contributed by atoms with van der Waals surface area (Å²) in [5.74, 6) is 2.95. The van der Waals surface area contributed by atoms with Crippen molar-refractivity contribution in [3.05, 3.63) is 12.4 Å². The number of hydrogen-bond acceptors (Lipinski definition) is 4. The Hall–Kier alpha value is -0.770. The Morgan fingerprint density at radius 3 is 2.00 bits per heavy atom. The first-order chi connectivity index (χ1) is 8.71. The SMILES string of the molecule is Nc1cnc(SC23CC4CC(CC(C4)C2)C3)nc1. The van der Waals surface area contributed by atoms with E-state index in [1.54, 1.807) is 12.4 Å². The number of rotatable bonds is 2. The number of nitrogens with zero attached hydrogens (tertiary/aromatic N) is 2. The summed E-state index contributed by atoms with van der Waals surface area (Å²) in [6.07, 6.45) is 12.1. The highest BCUT2D eigenvalue weighted by Crippen LogP contribution is 2.61. The monoisotopic (exact) mass is 261 g/mol. The highest BCUT2D eigenvalue weighted by molar-refractivity contribution is 8.00. The summed E-state index contributed by atoms with van der Waals surface area (Å²) in [5.41, 5.74) is 6.31. The lowest BCUT2D eigenvalue weighted by molar-refractivity contribution is 0.0382. The summed E-state index contributed by atoms with van der Waals surface area (Å²) in [5, 5.41) is 0.922. The van der Waals surface area contributed by atoms with Crippen molar-refractivity contribution in [2.75, 3.05) is 5.73 Å². The lowest BCUT2D eigenvalue weighted by Crippen LogP contribution is -2.48. The van der Waals surface area contributed by atoms with Gasteiger partial charge in [-0.05, 0) is 56.3 Å². The molecule has 4 fully saturated rings. The third-order valence-electron chi connectivity index (χ3n) is 4.94. The summed E-state index contributed by atoms with van der Waals surface area (Å²) in [6.45, 7) is 0. The van der Waals surface area contributed by atoms with E-state index >= 15 is 0 Å². The Morgan fingerprint density at radius 1 is 1.00 bits per heavy atom. The van der Waals surface area contributed by atoms with Gasteiger partial charge >= 0.3 is 0 Å². The van der Waals surface area contributed by atoms with E-state index in [0.29, 0.717) is 10.4 Å². The molecule has 0 aromatic carbocycles. The van der Waals surface area contributed by atoms with Crippen LogP contribution in [-0.4, -0.2) is 14.7 Å². The third-order valence-corrected chi connectivity index (χ3v) is 6.26. The molecule has 18 heavy (non-hydrogen) atoms. The lowest BCUT2D eigenvalue weighted by atomic mass is 9.56. The van der Waals surface area contributed by atoms with Crippen LogP contribution in [-0.2, 0) is 0 Å². The molecule has 0 spiro atoms. The molecule has 5 rings (SSSR count). The maximum atomic E-state index is 5.65. The van der Waals surface area contributed by atoms with Crippen molar-refractivity contribution in [2.24, 2.45) is 17.8 Å². The van der Waals surface area contributed by atoms with Crippen molar-refractivity contribution in [1.29, 1.82) is 0 Å². The molecule has 4 aliphatic carbocycles. The van der Waals surface area contributed by atoms with Crippen LogP contribution in [0.3, 0.4) is 0 Å². The Balaban J connectivity index is 1.58. The van der Waals surface area contributed by atoms with Crippen LogP contribution in [0.4, 0.5) is 5.69 Å². The van der Waals surface area contributed by atoms with Gasteiger partial charge in [0.05, 0.1) is 18.1 Å². The van der Waals surface area contributed by atoms with Crippen molar-refractivity contribution in [3.63, 3.8) is 0 Å². The van der Waals surface area contributed by atoms with Crippen LogP contribution in [0.25, 0.3) is 0 Å². The molecule has 4 heteroatoms. The molecule has 4 saturated carbocycles. The largest absolute Gasteiger partial charge is 0.396 e. The molecule has 3 nitrogen and oxygen atoms in total. The first kappa shape index (κ1) is 11.1. The molecular formula is C14H19N3S. The third kappa shape index (κ3) is 1.81. The van der Waals surface area contributed by atoms with E-state index in [2.05, 4.69) is 9.97 Å². The molecule has 0 saturated heterocycles. The number of nitrogens with two attached hydrogens (primary N) is 1. The van der Waals surface area contributed by atoms with E-state index in [-0.39, 0.29) is 0 Å². The highest BCUT2D eigenvalue weighted by atomic mass is 32.2. The van der Waals surface area contributed by atoms with Crippen molar-refractivity contribution in [2.45, 2.75) is 48.4 Å². The van der Waals surface area contributed by atoms with Gasteiger partial charge in [-0.3, -0.25) is 0 Å². The van der Waals surface area contributed by atoms with Gasteiger partial charge in [-0.2, -0.15) is 0 Å². The minimum Gasteiger partial charge on any atom is -0.396 e. The molecule has 0 amide bonds. The van der Waals surface area contributed by atoms with Gasteiger partial charge in [0.1, 0.15) is 0 Å². The normalized spacial score (nSPS) is 41.2. The molecule has 4 bridgehead atoms. The molecule has 1 aromatic heterocycles. The summed E-state index contributed by atoms with van der Waals surface area (Å²) in [7, 11) is 0. The smallest absolute Gasteiger partial charge is 0.188 e. The second-order valence-electron chi connectivity index (χ2n) is 6.50. The van der Waals surface area contributed by atoms with Gasteiger partial charge in [-0.1, -0.05) is 11.8 Å². The van der Waals surface area contributed by atoms with E-state index < -0.39 is 0 Å². The van der Waals surface area contributed by atoms with E-state index in [0.717, 1.165) is 22.9 Å². The van der Waals surface area contributed by atoms with Gasteiger partial charge < -0.3 is 5.73 Å². The van der Waals surface area contributed by atoms with Crippen molar-refractivity contribution >= 4 is 17.4 Å². The summed E-state index contributed by atoms with van der Waals surface area (Å²) < 4.78 is 0.449. The first-order valence-corrected chi connectivity index (χ1v) is 7.79. The van der Waals surface area contributed by atoms with Crippen LogP contribution in [0.5, 0.6) is 0 Å². The number of thioether (sulfide) groups is 1. The van der Waals surface area contributed by atoms with Crippen LogP contribution < -0.4 is 5.73 Å². The minimum atomic E-state index is 0.449. The summed E-state index contributed by atoms with van der Waals surface area (Å²) >= 11 is 1.93. The number of anilines is 1. The van der Waals surface area contributed by atoms with Gasteiger partial charge in [0, 0.05) is 4.75 Å². The van der Waals surface area contributed by atoms with Crippen LogP contribution >= 0.6 is 11.8 Å². The number of aromatic nitrogens is 2. The average Bonchev–Trinajstić information content (AvgIpc) is 2.30. The average molecular weight is 261 g/mol. The molecule has 0 aliphatic heterocycles. The van der Waals surface area contributed by atoms with Crippen LogP contribution in [0.15, 0.2) is 17.6 Å². The van der Waals surface area contributed by atoms with Crippen molar-refractivity contribution in [3.8, 4) is 0 Å². The Labute approximate surface area is 112 Å². The predicted octanol–water partition coefficient (Wildman–Crippen LogP) is 3.12. The van der Waals surface area contributed by atoms with Crippen molar-refractivity contribution in [1.82, 2.24) is 9.97 Å². The first-order valence-electron chi connectivity index (χ1n) is 6.97. The molecule has 4 aliphatic rings. The second kappa shape index (κ2) is 3.86. The standard InChI is InChI=1S/C14H19N3S/c15-12-7-16-13(17-8-12)18-14-4-9-1-10(5-14)3-11(2-9)6-14/h7-11H,1-6,15H2. The summed E-state index contributed by atoms with van der Waals surface area (Å²) in [6, 6.07) is 0. The molecule has 96 valence electrons. The van der Waals surface area contributed by atoms with Gasteiger partial charge in [0.25, 0.3) is 0 Å². The van der Waals surface area contributed by atoms with Gasteiger partial charge in [0.2, 0.25) is 0 Å². The molecule has 2 N–H and O–H groups in total. The fourth-order valence-electron chi connectivity index (χ4n) is 4.73. The Morgan fingerprint density at radius 2 is 1.50 bits per heavy atom. The molecular weight excluding hydrogens is 242 g/mol. The fourth-order valence-corrected chi connectivity index (χ4v) is 6.28. The minimum absolute atomic E-state index is 0.449. The molecule has 1 aromatic rings. The van der Waals surface area contributed by atoms with Crippen molar-refractivity contribution < 1.29 is 0 Å². The quantitative estimate of drug-likeness (QED) is 0.831. The Kier molecular flexibility index (Phi) is 2.38. The zero-order valence-electron chi connectivity index (χ0n) is 10.5. The van der Waals surface area contributed by atoms with E-state index in [9.17, 15) is 0 Å². The molecule has 0 unspecified atom stereocenters. The Bertz CT molecular complexity index is 421. The molecule has 0 radical (unpaired) electrons. The van der Waals surface area contributed by atoms with Gasteiger partial charge in [-0.15, -0.1) is 0 Å². The number of hydrogen-bond donors (Lipinski definition) is 1. The highest BCUT2D eigenvalue weighted by Gasteiger charge is 2.51. The topological polar surface area (TPSA) is 51.8 Å². The van der Waals surface area contributed by atoms with Gasteiger partial charge in [-0.25, -0.2) is 9.97 Å². The van der Waals surface area contributed by atoms with Crippen LogP contribution in [0, 0.1) is 17.8 Å². The molecule has 0 atom stereocenters. The van der Waals surface area contributed by atoms with E-state index in [1.807, 2.05) is 11.8 Å². The van der Waals surface area contributed by atoms with Gasteiger partial charge in [0.15, 0.2) is 5.16 Å². The zero-order valence-corrected chi connectivity index (χ0v) is 11.3. The maximum absolute atomic E-state index is 5.65. The zero-order chi connectivity index (χ0) is 12.2. The van der Waals surface area contributed by atoms with Crippen LogP contribution in [0.2, 0.25) is 0 Å². The van der Waals surface area contributed by atoms with E-state index in [4.69, 9.17) is 5.73 Å². The maximum Gasteiger partial charge on any atom is 0.188 e.